The van der Waals surface area contributed by atoms with Crippen LogP contribution in [-0.2, 0) is 4.74 Å². The third-order valence-electron chi connectivity index (χ3n) is 1.76. The summed E-state index contributed by atoms with van der Waals surface area (Å²) in [5.74, 6) is 0. The molecule has 0 spiro atoms. The molecule has 6 N–H and O–H groups in total. The van der Waals surface area contributed by atoms with Crippen LogP contribution >= 0.6 is 0 Å². The third kappa shape index (κ3) is 2.15. The van der Waals surface area contributed by atoms with E-state index in [1.807, 2.05) is 0 Å². The van der Waals surface area contributed by atoms with Crippen LogP contribution in [0.15, 0.2) is 24.3 Å². The van der Waals surface area contributed by atoms with Gasteiger partial charge in [0.05, 0.1) is 12.1 Å². The molecule has 4 nitrogen and oxygen atoms in total. The van der Waals surface area contributed by atoms with Gasteiger partial charge in [0, 0.05) is 7.11 Å². The molecule has 0 aliphatic heterocycles. The van der Waals surface area contributed by atoms with Crippen molar-refractivity contribution < 1.29 is 4.74 Å². The van der Waals surface area contributed by atoms with E-state index in [1.165, 1.54) is 0 Å². The van der Waals surface area contributed by atoms with Gasteiger partial charge in [-0.1, -0.05) is 12.2 Å². The third-order valence-corrected chi connectivity index (χ3v) is 1.76. The molecule has 0 fully saturated rings. The predicted molar refractivity (Wildman–Crippen MR) is 48.2 cm³/mol. The molecular formula is C8H15N3O. The predicted octanol–water partition coefficient (Wildman–Crippen LogP) is -0.930. The molecule has 0 saturated heterocycles. The molecule has 4 heteroatoms. The van der Waals surface area contributed by atoms with Crippen LogP contribution in [0.4, 0.5) is 0 Å². The van der Waals surface area contributed by atoms with Gasteiger partial charge in [-0.05, 0) is 12.2 Å². The van der Waals surface area contributed by atoms with E-state index in [0.29, 0.717) is 6.61 Å². The van der Waals surface area contributed by atoms with E-state index in [1.54, 1.807) is 31.4 Å². The van der Waals surface area contributed by atoms with Crippen LogP contribution in [0.3, 0.4) is 0 Å². The summed E-state index contributed by atoms with van der Waals surface area (Å²) in [5.41, 5.74) is 15.7. The Balaban J connectivity index is 2.71. The average molecular weight is 169 g/mol. The summed E-state index contributed by atoms with van der Waals surface area (Å²) in [6.07, 6.45) is 6.87. The van der Waals surface area contributed by atoms with Gasteiger partial charge in [0.2, 0.25) is 0 Å². The summed E-state index contributed by atoms with van der Waals surface area (Å²) < 4.78 is 4.94. The molecule has 0 aromatic heterocycles. The Kier molecular flexibility index (Phi) is 2.34. The summed E-state index contributed by atoms with van der Waals surface area (Å²) in [6, 6.07) is 0. The number of methoxy groups -OCH3 is 1. The first-order chi connectivity index (χ1) is 5.47. The summed E-state index contributed by atoms with van der Waals surface area (Å²) in [4.78, 5) is 0. The lowest BCUT2D eigenvalue weighted by Crippen LogP contribution is -2.51. The van der Waals surface area contributed by atoms with Gasteiger partial charge < -0.3 is 21.9 Å². The Hall–Kier alpha value is -0.680. The number of ether oxygens (including phenoxy) is 1. The molecule has 0 unspecified atom stereocenters. The van der Waals surface area contributed by atoms with Gasteiger partial charge in [0.1, 0.15) is 5.66 Å². The molecule has 0 saturated carbocycles. The van der Waals surface area contributed by atoms with Crippen molar-refractivity contribution in [1.82, 2.24) is 0 Å². The molecule has 0 atom stereocenters. The standard InChI is InChI=1S/C8H15N3O/c1-12-6-7(9)2-4-8(10,11)5-3-7/h2-5H,6,9-11H2,1H3. The van der Waals surface area contributed by atoms with E-state index in [4.69, 9.17) is 21.9 Å². The maximum Gasteiger partial charge on any atom is 0.102 e. The SMILES string of the molecule is COCC1(N)C=CC(N)(N)C=C1. The second-order valence-corrected chi connectivity index (χ2v) is 3.21. The molecule has 1 aliphatic rings. The van der Waals surface area contributed by atoms with Crippen LogP contribution in [-0.4, -0.2) is 24.9 Å². The highest BCUT2D eigenvalue weighted by Crippen LogP contribution is 2.14. The van der Waals surface area contributed by atoms with Crippen molar-refractivity contribution in [2.24, 2.45) is 17.2 Å². The molecule has 0 aromatic carbocycles. The fourth-order valence-corrected chi connectivity index (χ4v) is 1.06. The average Bonchev–Trinajstić information content (AvgIpc) is 1.98. The fraction of sp³-hybridized carbons (Fsp3) is 0.500. The molecule has 0 amide bonds. The first-order valence-corrected chi connectivity index (χ1v) is 3.74. The van der Waals surface area contributed by atoms with Gasteiger partial charge in [0.15, 0.2) is 0 Å². The highest BCUT2D eigenvalue weighted by Gasteiger charge is 2.25. The minimum atomic E-state index is -0.864. The van der Waals surface area contributed by atoms with Crippen molar-refractivity contribution in [2.45, 2.75) is 11.2 Å². The molecule has 68 valence electrons. The van der Waals surface area contributed by atoms with Gasteiger partial charge in [-0.2, -0.15) is 0 Å². The Morgan fingerprint density at radius 2 is 1.58 bits per heavy atom. The first-order valence-electron chi connectivity index (χ1n) is 3.74. The fourth-order valence-electron chi connectivity index (χ4n) is 1.06. The second kappa shape index (κ2) is 2.99. The quantitative estimate of drug-likeness (QED) is 0.368. The van der Waals surface area contributed by atoms with E-state index >= 15 is 0 Å². The van der Waals surface area contributed by atoms with Crippen LogP contribution in [0.1, 0.15) is 0 Å². The molecular weight excluding hydrogens is 154 g/mol. The molecule has 0 radical (unpaired) electrons. The highest BCUT2D eigenvalue weighted by molar-refractivity contribution is 5.31. The Labute approximate surface area is 72.0 Å². The number of rotatable bonds is 2. The van der Waals surface area contributed by atoms with Crippen LogP contribution in [0.25, 0.3) is 0 Å². The largest absolute Gasteiger partial charge is 0.382 e. The van der Waals surface area contributed by atoms with E-state index in [2.05, 4.69) is 0 Å². The lowest BCUT2D eigenvalue weighted by Gasteiger charge is -2.28. The molecule has 0 heterocycles. The van der Waals surface area contributed by atoms with Crippen molar-refractivity contribution in [2.75, 3.05) is 13.7 Å². The monoisotopic (exact) mass is 169 g/mol. The summed E-state index contributed by atoms with van der Waals surface area (Å²) >= 11 is 0. The zero-order valence-corrected chi connectivity index (χ0v) is 7.16. The summed E-state index contributed by atoms with van der Waals surface area (Å²) in [7, 11) is 1.60. The van der Waals surface area contributed by atoms with Gasteiger partial charge in [-0.25, -0.2) is 0 Å². The zero-order valence-electron chi connectivity index (χ0n) is 7.16. The number of nitrogens with two attached hydrogens (primary N) is 3. The number of hydrogen-bond donors (Lipinski definition) is 3. The Morgan fingerprint density at radius 1 is 1.08 bits per heavy atom. The molecule has 12 heavy (non-hydrogen) atoms. The van der Waals surface area contributed by atoms with Gasteiger partial charge in [-0.3, -0.25) is 0 Å². The highest BCUT2D eigenvalue weighted by atomic mass is 16.5. The lowest BCUT2D eigenvalue weighted by molar-refractivity contribution is 0.169. The molecule has 0 bridgehead atoms. The second-order valence-electron chi connectivity index (χ2n) is 3.21. The van der Waals surface area contributed by atoms with E-state index < -0.39 is 11.2 Å². The van der Waals surface area contributed by atoms with Gasteiger partial charge in [-0.15, -0.1) is 0 Å². The molecule has 1 aliphatic carbocycles. The van der Waals surface area contributed by atoms with Gasteiger partial charge in [0.25, 0.3) is 0 Å². The minimum Gasteiger partial charge on any atom is -0.382 e. The summed E-state index contributed by atoms with van der Waals surface area (Å²) in [5, 5.41) is 0. The summed E-state index contributed by atoms with van der Waals surface area (Å²) in [6.45, 7) is 0.427. The van der Waals surface area contributed by atoms with E-state index in [9.17, 15) is 0 Å². The van der Waals surface area contributed by atoms with Crippen LogP contribution in [0, 0.1) is 0 Å². The van der Waals surface area contributed by atoms with Crippen molar-refractivity contribution in [3.8, 4) is 0 Å². The first kappa shape index (κ1) is 9.41. The van der Waals surface area contributed by atoms with E-state index in [0.717, 1.165) is 0 Å². The van der Waals surface area contributed by atoms with Crippen molar-refractivity contribution in [3.63, 3.8) is 0 Å². The molecule has 0 aromatic rings. The zero-order chi connectivity index (χ0) is 9.24. The smallest absolute Gasteiger partial charge is 0.102 e. The van der Waals surface area contributed by atoms with Crippen LogP contribution in [0.2, 0.25) is 0 Å². The van der Waals surface area contributed by atoms with Crippen LogP contribution in [0.5, 0.6) is 0 Å². The van der Waals surface area contributed by atoms with E-state index in [-0.39, 0.29) is 0 Å². The normalized spacial score (nSPS) is 24.3. The van der Waals surface area contributed by atoms with Crippen molar-refractivity contribution in [1.29, 1.82) is 0 Å². The maximum atomic E-state index is 5.88. The Morgan fingerprint density at radius 3 is 2.00 bits per heavy atom. The molecule has 1 rings (SSSR count). The van der Waals surface area contributed by atoms with Crippen molar-refractivity contribution >= 4 is 0 Å². The maximum absolute atomic E-state index is 5.88. The van der Waals surface area contributed by atoms with Crippen molar-refractivity contribution in [3.05, 3.63) is 24.3 Å². The lowest BCUT2D eigenvalue weighted by atomic mass is 9.92. The topological polar surface area (TPSA) is 87.3 Å². The minimum absolute atomic E-state index is 0.427. The van der Waals surface area contributed by atoms with Crippen LogP contribution < -0.4 is 17.2 Å². The van der Waals surface area contributed by atoms with Gasteiger partial charge >= 0.3 is 0 Å². The Bertz CT molecular complexity index is 204. The number of hydrogen-bond acceptors (Lipinski definition) is 4.